The van der Waals surface area contributed by atoms with E-state index in [0.717, 1.165) is 12.2 Å². The molecule has 0 spiro atoms. The molecule has 16 heteroatoms. The quantitative estimate of drug-likeness (QED) is 0.102. The molecule has 0 bridgehead atoms. The average molecular weight is 900 g/mol. The van der Waals surface area contributed by atoms with Gasteiger partial charge in [0.1, 0.15) is 45.2 Å². The molecule has 0 N–H and O–H groups in total. The monoisotopic (exact) mass is 898 g/mol. The molecular weight excluding hydrogens is 861 g/mol. The molecule has 6 rings (SSSR count). The molecule has 0 heterocycles. The predicted octanol–water partition coefficient (Wildman–Crippen LogP) is 13.1. The molecule has 8 nitrogen and oxygen atoms in total. The van der Waals surface area contributed by atoms with Crippen molar-refractivity contribution in [3.05, 3.63) is 143 Å². The molecule has 2 aliphatic rings. The first-order valence-electron chi connectivity index (χ1n) is 18.8. The van der Waals surface area contributed by atoms with E-state index in [1.165, 1.54) is 0 Å². The van der Waals surface area contributed by atoms with Crippen molar-refractivity contribution in [1.82, 2.24) is 0 Å². The van der Waals surface area contributed by atoms with Crippen molar-refractivity contribution in [2.75, 3.05) is 0 Å². The first-order chi connectivity index (χ1) is 29.1. The van der Waals surface area contributed by atoms with Crippen LogP contribution in [0.1, 0.15) is 51.0 Å². The SMILES string of the molecule is CC1(C)[C@H](C(=O)OC(C#N)c2cccc(Oc3ccccc3)c2)[C@@H]1/C=C(\Cl)C(F)(F)F.CC1(C)[C@H](C(=O)OC(C#N)c2cccc(Oc3ccccc3)c2)[C@@H]1/C=C(\Cl)C(F)(F)F. The van der Waals surface area contributed by atoms with Crippen molar-refractivity contribution >= 4 is 35.1 Å². The van der Waals surface area contributed by atoms with Crippen LogP contribution in [0.5, 0.6) is 23.0 Å². The highest BCUT2D eigenvalue weighted by molar-refractivity contribution is 6.30. The highest BCUT2D eigenvalue weighted by atomic mass is 35.5. The molecule has 0 amide bonds. The first-order valence-corrected chi connectivity index (χ1v) is 19.6. The maximum atomic E-state index is 12.7. The Kier molecular flexibility index (Phi) is 14.4. The van der Waals surface area contributed by atoms with Crippen LogP contribution in [0.4, 0.5) is 26.3 Å². The predicted molar refractivity (Wildman–Crippen MR) is 216 cm³/mol. The van der Waals surface area contributed by atoms with Crippen molar-refractivity contribution in [1.29, 1.82) is 10.5 Å². The molecule has 0 aromatic heterocycles. The lowest BCUT2D eigenvalue weighted by Crippen LogP contribution is -2.14. The summed E-state index contributed by atoms with van der Waals surface area (Å²) in [5.41, 5.74) is -0.743. The number of carbonyl (C=O) groups is 2. The Morgan fingerprint density at radius 1 is 0.581 bits per heavy atom. The number of carbonyl (C=O) groups excluding carboxylic acids is 2. The van der Waals surface area contributed by atoms with E-state index in [1.54, 1.807) is 100 Å². The fourth-order valence-electron chi connectivity index (χ4n) is 6.83. The van der Waals surface area contributed by atoms with Gasteiger partial charge in [0, 0.05) is 11.1 Å². The fraction of sp³-hybridized carbons (Fsp3) is 0.304. The Hall–Kier alpha value is -5.96. The molecule has 0 saturated heterocycles. The summed E-state index contributed by atoms with van der Waals surface area (Å²) in [7, 11) is 0. The third kappa shape index (κ3) is 11.7. The second-order valence-electron chi connectivity index (χ2n) is 15.5. The zero-order valence-electron chi connectivity index (χ0n) is 33.4. The van der Waals surface area contributed by atoms with Crippen LogP contribution in [-0.2, 0) is 19.1 Å². The maximum absolute atomic E-state index is 12.7. The van der Waals surface area contributed by atoms with Crippen molar-refractivity contribution in [2.45, 2.75) is 52.3 Å². The summed E-state index contributed by atoms with van der Waals surface area (Å²) < 4.78 is 98.5. The number of rotatable bonds is 12. The highest BCUT2D eigenvalue weighted by Crippen LogP contribution is 2.62. The number of ether oxygens (including phenoxy) is 4. The summed E-state index contributed by atoms with van der Waals surface area (Å²) in [6, 6.07) is 34.9. The second-order valence-corrected chi connectivity index (χ2v) is 16.4. The van der Waals surface area contributed by atoms with Gasteiger partial charge in [0.05, 0.1) is 11.8 Å². The average Bonchev–Trinajstić information content (AvgIpc) is 3.99. The fourth-order valence-corrected chi connectivity index (χ4v) is 7.10. The van der Waals surface area contributed by atoms with Crippen LogP contribution in [-0.4, -0.2) is 24.3 Å². The van der Waals surface area contributed by atoms with Crippen molar-refractivity contribution in [3.63, 3.8) is 0 Å². The van der Waals surface area contributed by atoms with Crippen LogP contribution in [0.25, 0.3) is 0 Å². The Morgan fingerprint density at radius 3 is 1.21 bits per heavy atom. The van der Waals surface area contributed by atoms with Crippen LogP contribution in [0, 0.1) is 57.2 Å². The zero-order valence-corrected chi connectivity index (χ0v) is 34.9. The van der Waals surface area contributed by atoms with Gasteiger partial charge in [0.25, 0.3) is 0 Å². The number of nitriles is 2. The van der Waals surface area contributed by atoms with Gasteiger partial charge in [-0.15, -0.1) is 0 Å². The summed E-state index contributed by atoms with van der Waals surface area (Å²) >= 11 is 10.6. The van der Waals surface area contributed by atoms with E-state index in [1.807, 2.05) is 48.5 Å². The van der Waals surface area contributed by atoms with E-state index in [9.17, 15) is 46.5 Å². The molecule has 324 valence electrons. The normalized spacial score (nSPS) is 21.0. The van der Waals surface area contributed by atoms with Crippen LogP contribution in [0.3, 0.4) is 0 Å². The first kappa shape index (κ1) is 47.1. The molecule has 4 aromatic rings. The van der Waals surface area contributed by atoms with Gasteiger partial charge in [-0.2, -0.15) is 36.9 Å². The van der Waals surface area contributed by atoms with E-state index in [2.05, 4.69) is 0 Å². The molecule has 62 heavy (non-hydrogen) atoms. The summed E-state index contributed by atoms with van der Waals surface area (Å²) in [5, 5.41) is 16.5. The number of para-hydroxylation sites is 2. The number of esters is 2. The van der Waals surface area contributed by atoms with Crippen LogP contribution in [0.2, 0.25) is 0 Å². The van der Waals surface area contributed by atoms with Crippen molar-refractivity contribution in [2.24, 2.45) is 34.5 Å². The minimum atomic E-state index is -4.68. The molecule has 0 aliphatic heterocycles. The van der Waals surface area contributed by atoms with E-state index in [0.29, 0.717) is 34.1 Å². The molecule has 0 radical (unpaired) electrons. The number of alkyl halides is 6. The summed E-state index contributed by atoms with van der Waals surface area (Å²) in [4.78, 5) is 25.2. The van der Waals surface area contributed by atoms with Gasteiger partial charge in [0.2, 0.25) is 12.2 Å². The molecule has 2 saturated carbocycles. The van der Waals surface area contributed by atoms with E-state index in [4.69, 9.17) is 42.1 Å². The van der Waals surface area contributed by atoms with Gasteiger partial charge >= 0.3 is 24.3 Å². The number of hydrogen-bond donors (Lipinski definition) is 0. The number of nitrogens with zero attached hydrogens (tertiary/aromatic N) is 2. The molecule has 2 unspecified atom stereocenters. The minimum Gasteiger partial charge on any atom is -0.457 e. The Labute approximate surface area is 363 Å². The van der Waals surface area contributed by atoms with Gasteiger partial charge < -0.3 is 18.9 Å². The number of halogens is 8. The molecule has 4 aromatic carbocycles. The lowest BCUT2D eigenvalue weighted by atomic mass is 10.1. The molecule has 2 fully saturated rings. The van der Waals surface area contributed by atoms with E-state index >= 15 is 0 Å². The van der Waals surface area contributed by atoms with Gasteiger partial charge in [-0.05, 0) is 71.2 Å². The smallest absolute Gasteiger partial charge is 0.426 e. The highest BCUT2D eigenvalue weighted by Gasteiger charge is 2.63. The summed E-state index contributed by atoms with van der Waals surface area (Å²) in [6.45, 7) is 6.60. The number of benzene rings is 4. The number of allylic oxidation sites excluding steroid dienone is 4. The van der Waals surface area contributed by atoms with Crippen LogP contribution in [0.15, 0.2) is 131 Å². The van der Waals surface area contributed by atoms with Crippen LogP contribution >= 0.6 is 23.2 Å². The van der Waals surface area contributed by atoms with E-state index < -0.39 is 81.1 Å². The minimum absolute atomic E-state index is 0.392. The molecular formula is C46H38Cl2F6N2O6. The van der Waals surface area contributed by atoms with Gasteiger partial charge in [0.15, 0.2) is 0 Å². The molecule has 6 atom stereocenters. The standard InChI is InChI=1S/2C23H19ClF3NO3/c2*1-22(2)17(12-19(24)23(25,26)27)20(22)21(29)31-18(13-28)14-7-6-10-16(11-14)30-15-8-4-3-5-9-15/h2*3-12,17-18,20H,1-2H3/b2*19-12-/t2*17-,18?,20-/m00/s1. The second kappa shape index (κ2) is 19.0. The molecule has 2 aliphatic carbocycles. The van der Waals surface area contributed by atoms with Crippen LogP contribution < -0.4 is 9.47 Å². The van der Waals surface area contributed by atoms with Crippen molar-refractivity contribution < 1.29 is 54.9 Å². The van der Waals surface area contributed by atoms with E-state index in [-0.39, 0.29) is 0 Å². The Bertz CT molecular complexity index is 2220. The largest absolute Gasteiger partial charge is 0.457 e. The van der Waals surface area contributed by atoms with Crippen molar-refractivity contribution in [3.8, 4) is 35.1 Å². The van der Waals surface area contributed by atoms with Gasteiger partial charge in [-0.25, -0.2) is 0 Å². The third-order valence-electron chi connectivity index (χ3n) is 10.5. The number of hydrogen-bond acceptors (Lipinski definition) is 8. The lowest BCUT2D eigenvalue weighted by molar-refractivity contribution is -0.150. The Balaban J connectivity index is 0.000000234. The topological polar surface area (TPSA) is 119 Å². The summed E-state index contributed by atoms with van der Waals surface area (Å²) in [5.74, 6) is -2.54. The zero-order chi connectivity index (χ0) is 45.6. The third-order valence-corrected chi connectivity index (χ3v) is 11.2. The lowest BCUT2D eigenvalue weighted by Gasteiger charge is -2.13. The summed E-state index contributed by atoms with van der Waals surface area (Å²) in [6.07, 6.45) is -10.1. The van der Waals surface area contributed by atoms with Gasteiger partial charge in [-0.1, -0.05) is 124 Å². The Morgan fingerprint density at radius 2 is 0.903 bits per heavy atom. The van der Waals surface area contributed by atoms with Gasteiger partial charge in [-0.3, -0.25) is 9.59 Å². The maximum Gasteiger partial charge on any atom is 0.426 e.